The summed E-state index contributed by atoms with van der Waals surface area (Å²) in [5, 5.41) is 9.20. The van der Waals surface area contributed by atoms with Gasteiger partial charge in [0.25, 0.3) is 0 Å². The van der Waals surface area contributed by atoms with Crippen molar-refractivity contribution in [3.8, 4) is 0 Å². The molecule has 0 aromatic carbocycles. The molecule has 1 aliphatic carbocycles. The first-order valence-electron chi connectivity index (χ1n) is 5.79. The molecule has 0 amide bonds. The van der Waals surface area contributed by atoms with Gasteiger partial charge in [0.15, 0.2) is 0 Å². The van der Waals surface area contributed by atoms with Gasteiger partial charge < -0.3 is 10.8 Å². The van der Waals surface area contributed by atoms with Crippen molar-refractivity contribution in [2.45, 2.75) is 38.3 Å². The summed E-state index contributed by atoms with van der Waals surface area (Å²) in [4.78, 5) is 2.54. The molecule has 0 aromatic heterocycles. The fourth-order valence-corrected chi connectivity index (χ4v) is 2.88. The molecule has 2 fully saturated rings. The van der Waals surface area contributed by atoms with Gasteiger partial charge in [0, 0.05) is 31.8 Å². The van der Waals surface area contributed by atoms with E-state index in [1.54, 1.807) is 0 Å². The zero-order valence-corrected chi connectivity index (χ0v) is 9.02. The van der Waals surface area contributed by atoms with E-state index in [0.29, 0.717) is 24.6 Å². The van der Waals surface area contributed by atoms with E-state index in [-0.39, 0.29) is 0 Å². The maximum Gasteiger partial charge on any atom is 0.0471 e. The van der Waals surface area contributed by atoms with E-state index in [2.05, 4.69) is 11.8 Å². The maximum atomic E-state index is 9.20. The lowest BCUT2D eigenvalue weighted by molar-refractivity contribution is 0.0255. The number of nitrogens with zero attached hydrogens (tertiary/aromatic N) is 1. The Bertz CT molecular complexity index is 192. The smallest absolute Gasteiger partial charge is 0.0471 e. The summed E-state index contributed by atoms with van der Waals surface area (Å²) in [5.41, 5.74) is 5.80. The first-order valence-corrected chi connectivity index (χ1v) is 5.79. The molecule has 1 aliphatic heterocycles. The highest BCUT2D eigenvalue weighted by Crippen LogP contribution is 2.30. The quantitative estimate of drug-likeness (QED) is 0.676. The van der Waals surface area contributed by atoms with Crippen molar-refractivity contribution in [2.24, 2.45) is 17.6 Å². The summed E-state index contributed by atoms with van der Waals surface area (Å²) in [6.45, 7) is 4.92. The molecular weight excluding hydrogens is 176 g/mol. The van der Waals surface area contributed by atoms with Crippen LogP contribution in [0.25, 0.3) is 0 Å². The predicted molar refractivity (Wildman–Crippen MR) is 56.9 cm³/mol. The molecule has 2 atom stereocenters. The molecule has 1 heterocycles. The molecule has 1 saturated carbocycles. The van der Waals surface area contributed by atoms with E-state index in [1.165, 1.54) is 13.0 Å². The second-order valence-electron chi connectivity index (χ2n) is 5.23. The van der Waals surface area contributed by atoms with Gasteiger partial charge in [-0.2, -0.15) is 0 Å². The molecule has 82 valence electrons. The second kappa shape index (κ2) is 4.17. The van der Waals surface area contributed by atoms with Crippen LogP contribution < -0.4 is 5.73 Å². The van der Waals surface area contributed by atoms with Crippen molar-refractivity contribution in [2.75, 3.05) is 19.7 Å². The van der Waals surface area contributed by atoms with Crippen LogP contribution in [0.15, 0.2) is 0 Å². The molecule has 1 saturated heterocycles. The van der Waals surface area contributed by atoms with E-state index in [0.717, 1.165) is 25.3 Å². The minimum Gasteiger partial charge on any atom is -0.396 e. The lowest BCUT2D eigenvalue weighted by atomic mass is 9.82. The molecule has 3 heteroatoms. The molecule has 14 heavy (non-hydrogen) atoms. The molecule has 0 spiro atoms. The molecule has 3 nitrogen and oxygen atoms in total. The van der Waals surface area contributed by atoms with Crippen LogP contribution in [0.4, 0.5) is 0 Å². The Labute approximate surface area is 86.3 Å². The van der Waals surface area contributed by atoms with E-state index in [4.69, 9.17) is 5.73 Å². The lowest BCUT2D eigenvalue weighted by Crippen LogP contribution is -2.55. The molecule has 2 aliphatic rings. The Hall–Kier alpha value is -0.120. The highest BCUT2D eigenvalue weighted by Gasteiger charge is 2.35. The Kier molecular flexibility index (Phi) is 3.10. The number of aliphatic hydroxyl groups is 1. The van der Waals surface area contributed by atoms with Crippen LogP contribution in [-0.4, -0.2) is 41.8 Å². The second-order valence-corrected chi connectivity index (χ2v) is 5.23. The molecule has 0 radical (unpaired) electrons. The van der Waals surface area contributed by atoms with Crippen molar-refractivity contribution in [3.05, 3.63) is 0 Å². The Morgan fingerprint density at radius 2 is 2.00 bits per heavy atom. The van der Waals surface area contributed by atoms with Crippen molar-refractivity contribution in [1.82, 2.24) is 4.90 Å². The monoisotopic (exact) mass is 198 g/mol. The lowest BCUT2D eigenvalue weighted by Gasteiger charge is -2.46. The number of hydrogen-bond acceptors (Lipinski definition) is 3. The molecule has 3 N–H and O–H groups in total. The fraction of sp³-hybridized carbons (Fsp3) is 1.00. The van der Waals surface area contributed by atoms with Crippen LogP contribution in [0.5, 0.6) is 0 Å². The summed E-state index contributed by atoms with van der Waals surface area (Å²) in [6, 6.07) is 1.15. The summed E-state index contributed by atoms with van der Waals surface area (Å²) in [7, 11) is 0. The van der Waals surface area contributed by atoms with E-state index >= 15 is 0 Å². The van der Waals surface area contributed by atoms with Gasteiger partial charge in [0.1, 0.15) is 0 Å². The van der Waals surface area contributed by atoms with Gasteiger partial charge in [0.2, 0.25) is 0 Å². The summed E-state index contributed by atoms with van der Waals surface area (Å²) < 4.78 is 0. The predicted octanol–water partition coefficient (Wildman–Crippen LogP) is 0.426. The number of nitrogens with two attached hydrogens (primary N) is 1. The third-order valence-corrected chi connectivity index (χ3v) is 3.70. The highest BCUT2D eigenvalue weighted by molar-refractivity contribution is 4.92. The minimum absolute atomic E-state index is 0.347. The molecule has 2 rings (SSSR count). The first kappa shape index (κ1) is 10.4. The molecular formula is C11H22N2O. The Morgan fingerprint density at radius 1 is 1.29 bits per heavy atom. The van der Waals surface area contributed by atoms with Gasteiger partial charge in [-0.3, -0.25) is 4.90 Å². The third kappa shape index (κ3) is 2.10. The molecule has 2 unspecified atom stereocenters. The van der Waals surface area contributed by atoms with Gasteiger partial charge >= 0.3 is 0 Å². The van der Waals surface area contributed by atoms with Gasteiger partial charge in [-0.25, -0.2) is 0 Å². The fourth-order valence-electron chi connectivity index (χ4n) is 2.88. The standard InChI is InChI=1S/C11H22N2O/c1-8-2-9(7-14)6-13(5-8)11-3-10(12)4-11/h8-11,14H,2-7,12H2,1H3. The van der Waals surface area contributed by atoms with Crippen LogP contribution in [0.1, 0.15) is 26.2 Å². The first-order chi connectivity index (χ1) is 6.69. The van der Waals surface area contributed by atoms with Crippen molar-refractivity contribution in [3.63, 3.8) is 0 Å². The number of likely N-dealkylation sites (tertiary alicyclic amines) is 1. The average Bonchev–Trinajstić information content (AvgIpc) is 2.12. The van der Waals surface area contributed by atoms with Crippen LogP contribution in [0.2, 0.25) is 0 Å². The van der Waals surface area contributed by atoms with Crippen molar-refractivity contribution in [1.29, 1.82) is 0 Å². The summed E-state index contributed by atoms with van der Waals surface area (Å²) in [5.74, 6) is 1.23. The average molecular weight is 198 g/mol. The van der Waals surface area contributed by atoms with Gasteiger partial charge in [-0.15, -0.1) is 0 Å². The Balaban J connectivity index is 1.86. The normalized spacial score (nSPS) is 44.8. The maximum absolute atomic E-state index is 9.20. The minimum atomic E-state index is 0.347. The topological polar surface area (TPSA) is 49.5 Å². The van der Waals surface area contributed by atoms with Gasteiger partial charge in [-0.1, -0.05) is 6.92 Å². The van der Waals surface area contributed by atoms with Gasteiger partial charge in [-0.05, 0) is 31.1 Å². The largest absolute Gasteiger partial charge is 0.396 e. The number of hydrogen-bond donors (Lipinski definition) is 2. The van der Waals surface area contributed by atoms with Gasteiger partial charge in [0.05, 0.1) is 0 Å². The van der Waals surface area contributed by atoms with E-state index in [1.807, 2.05) is 0 Å². The van der Waals surface area contributed by atoms with Crippen LogP contribution in [-0.2, 0) is 0 Å². The number of aliphatic hydroxyl groups excluding tert-OH is 1. The molecule has 0 bridgehead atoms. The third-order valence-electron chi connectivity index (χ3n) is 3.70. The summed E-state index contributed by atoms with van der Waals surface area (Å²) in [6.07, 6.45) is 3.50. The summed E-state index contributed by atoms with van der Waals surface area (Å²) >= 11 is 0. The Morgan fingerprint density at radius 3 is 2.57 bits per heavy atom. The van der Waals surface area contributed by atoms with E-state index < -0.39 is 0 Å². The van der Waals surface area contributed by atoms with Crippen molar-refractivity contribution < 1.29 is 5.11 Å². The zero-order chi connectivity index (χ0) is 10.1. The highest BCUT2D eigenvalue weighted by atomic mass is 16.3. The SMILES string of the molecule is CC1CC(CO)CN(C2CC(N)C2)C1. The number of piperidine rings is 1. The zero-order valence-electron chi connectivity index (χ0n) is 9.02. The number of rotatable bonds is 2. The van der Waals surface area contributed by atoms with E-state index in [9.17, 15) is 5.11 Å². The molecule has 0 aromatic rings. The van der Waals surface area contributed by atoms with Crippen LogP contribution >= 0.6 is 0 Å². The van der Waals surface area contributed by atoms with Crippen LogP contribution in [0.3, 0.4) is 0 Å². The van der Waals surface area contributed by atoms with Crippen LogP contribution in [0, 0.1) is 11.8 Å². The van der Waals surface area contributed by atoms with Crippen molar-refractivity contribution >= 4 is 0 Å².